The van der Waals surface area contributed by atoms with Gasteiger partial charge in [0.2, 0.25) is 0 Å². The van der Waals surface area contributed by atoms with Crippen LogP contribution in [-0.2, 0) is 4.79 Å². The summed E-state index contributed by atoms with van der Waals surface area (Å²) in [4.78, 5) is 22.6. The van der Waals surface area contributed by atoms with Gasteiger partial charge in [-0.3, -0.25) is 14.9 Å². The van der Waals surface area contributed by atoms with Crippen molar-refractivity contribution < 1.29 is 19.6 Å². The second-order valence-corrected chi connectivity index (χ2v) is 5.55. The zero-order chi connectivity index (χ0) is 17.1. The molecule has 1 aromatic rings. The minimum absolute atomic E-state index is 0.208. The maximum Gasteiger partial charge on any atom is 0.284 e. The van der Waals surface area contributed by atoms with Crippen LogP contribution < -0.4 is 4.74 Å². The Bertz CT molecular complexity index is 693. The third kappa shape index (κ3) is 3.41. The molecule has 0 heterocycles. The van der Waals surface area contributed by atoms with Gasteiger partial charge in [-0.2, -0.15) is 5.26 Å². The maximum atomic E-state index is 12.2. The van der Waals surface area contributed by atoms with Crippen molar-refractivity contribution in [3.8, 4) is 11.8 Å². The zero-order valence-electron chi connectivity index (χ0n) is 12.7. The number of allylic oxidation sites excluding steroid dienone is 1. The van der Waals surface area contributed by atoms with Crippen LogP contribution in [0.1, 0.15) is 26.3 Å². The average molecular weight is 304 g/mol. The molecule has 0 aliphatic heterocycles. The first-order valence-corrected chi connectivity index (χ1v) is 6.34. The van der Waals surface area contributed by atoms with Gasteiger partial charge in [-0.05, 0) is 12.1 Å². The summed E-state index contributed by atoms with van der Waals surface area (Å²) in [5, 5.41) is 30.5. The highest BCUT2D eigenvalue weighted by atomic mass is 16.6. The topological polar surface area (TPSA) is 113 Å². The lowest BCUT2D eigenvalue weighted by Gasteiger charge is -2.16. The summed E-state index contributed by atoms with van der Waals surface area (Å²) in [5.74, 6) is -1.08. The van der Waals surface area contributed by atoms with Crippen LogP contribution in [0.2, 0.25) is 0 Å². The molecule has 7 heteroatoms. The first-order valence-electron chi connectivity index (χ1n) is 6.34. The number of nitrogens with zero attached hydrogens (tertiary/aromatic N) is 2. The molecule has 0 amide bonds. The second-order valence-electron chi connectivity index (χ2n) is 5.55. The van der Waals surface area contributed by atoms with E-state index in [0.29, 0.717) is 0 Å². The molecule has 0 saturated heterocycles. The SMILES string of the molecule is COc1ccc(/C(O)=C(\C#N)C(=O)C(C)(C)C)c([N+](=O)[O-])c1. The van der Waals surface area contributed by atoms with Crippen molar-refractivity contribution in [3.63, 3.8) is 0 Å². The van der Waals surface area contributed by atoms with Gasteiger partial charge in [0.1, 0.15) is 17.4 Å². The third-order valence-electron chi connectivity index (χ3n) is 2.91. The molecule has 0 spiro atoms. The molecule has 116 valence electrons. The lowest BCUT2D eigenvalue weighted by molar-refractivity contribution is -0.385. The fourth-order valence-corrected chi connectivity index (χ4v) is 1.71. The molecule has 0 aromatic heterocycles. The molecule has 0 bridgehead atoms. The molecule has 0 atom stereocenters. The lowest BCUT2D eigenvalue weighted by Crippen LogP contribution is -2.22. The van der Waals surface area contributed by atoms with Gasteiger partial charge in [0.25, 0.3) is 5.69 Å². The van der Waals surface area contributed by atoms with Crippen molar-refractivity contribution in [2.45, 2.75) is 20.8 Å². The van der Waals surface area contributed by atoms with Gasteiger partial charge >= 0.3 is 0 Å². The fourth-order valence-electron chi connectivity index (χ4n) is 1.71. The molecule has 22 heavy (non-hydrogen) atoms. The van der Waals surface area contributed by atoms with Crippen molar-refractivity contribution in [3.05, 3.63) is 39.4 Å². The number of benzene rings is 1. The van der Waals surface area contributed by atoms with Crippen LogP contribution in [0.3, 0.4) is 0 Å². The maximum absolute atomic E-state index is 12.2. The molecular weight excluding hydrogens is 288 g/mol. The number of hydrogen-bond donors (Lipinski definition) is 1. The predicted octanol–water partition coefficient (Wildman–Crippen LogP) is 3.01. The van der Waals surface area contributed by atoms with Crippen LogP contribution >= 0.6 is 0 Å². The fraction of sp³-hybridized carbons (Fsp3) is 0.333. The monoisotopic (exact) mass is 304 g/mol. The highest BCUT2D eigenvalue weighted by molar-refractivity contribution is 6.08. The van der Waals surface area contributed by atoms with Crippen LogP contribution in [0.25, 0.3) is 5.76 Å². The van der Waals surface area contributed by atoms with Gasteiger partial charge in [0.15, 0.2) is 11.5 Å². The van der Waals surface area contributed by atoms with E-state index in [4.69, 9.17) is 10.00 Å². The van der Waals surface area contributed by atoms with Gasteiger partial charge in [-0.1, -0.05) is 20.8 Å². The first kappa shape index (κ1) is 17.2. The minimum Gasteiger partial charge on any atom is -0.506 e. The van der Waals surface area contributed by atoms with Crippen molar-refractivity contribution in [1.82, 2.24) is 0 Å². The molecule has 1 rings (SSSR count). The van der Waals surface area contributed by atoms with E-state index in [1.165, 1.54) is 19.2 Å². The highest BCUT2D eigenvalue weighted by Crippen LogP contribution is 2.32. The summed E-state index contributed by atoms with van der Waals surface area (Å²) in [7, 11) is 1.35. The molecule has 0 radical (unpaired) electrons. The Balaban J connectivity index is 3.59. The van der Waals surface area contributed by atoms with Crippen molar-refractivity contribution >= 4 is 17.2 Å². The van der Waals surface area contributed by atoms with Crippen molar-refractivity contribution in [1.29, 1.82) is 5.26 Å². The number of carbonyl (C=O) groups is 1. The Morgan fingerprint density at radius 2 is 2.00 bits per heavy atom. The molecule has 0 aliphatic carbocycles. The number of rotatable bonds is 4. The van der Waals surface area contributed by atoms with E-state index in [2.05, 4.69) is 0 Å². The van der Waals surface area contributed by atoms with Gasteiger partial charge in [0, 0.05) is 5.41 Å². The second kappa shape index (κ2) is 6.26. The highest BCUT2D eigenvalue weighted by Gasteiger charge is 2.30. The number of methoxy groups -OCH3 is 1. The van der Waals surface area contributed by atoms with E-state index in [0.717, 1.165) is 6.07 Å². The Hall–Kier alpha value is -2.88. The Kier molecular flexibility index (Phi) is 4.89. The predicted molar refractivity (Wildman–Crippen MR) is 79.3 cm³/mol. The number of ketones is 1. The van der Waals surface area contributed by atoms with Gasteiger partial charge in [0.05, 0.1) is 23.7 Å². The number of aliphatic hydroxyl groups is 1. The first-order chi connectivity index (χ1) is 10.1. The summed E-state index contributed by atoms with van der Waals surface area (Å²) in [6.07, 6.45) is 0. The van der Waals surface area contributed by atoms with Crippen LogP contribution in [0, 0.1) is 26.9 Å². The van der Waals surface area contributed by atoms with E-state index < -0.39 is 33.1 Å². The number of ether oxygens (including phenoxy) is 1. The van der Waals surface area contributed by atoms with E-state index in [9.17, 15) is 20.0 Å². The number of nitriles is 1. The van der Waals surface area contributed by atoms with E-state index >= 15 is 0 Å². The van der Waals surface area contributed by atoms with Gasteiger partial charge < -0.3 is 9.84 Å². The summed E-state index contributed by atoms with van der Waals surface area (Å²) >= 11 is 0. The molecule has 0 saturated carbocycles. The number of hydrogen-bond acceptors (Lipinski definition) is 6. The normalized spacial score (nSPS) is 12.1. The minimum atomic E-state index is -0.902. The van der Waals surface area contributed by atoms with E-state index in [-0.39, 0.29) is 11.3 Å². The van der Waals surface area contributed by atoms with Gasteiger partial charge in [-0.25, -0.2) is 0 Å². The number of aliphatic hydroxyl groups excluding tert-OH is 1. The summed E-state index contributed by atoms with van der Waals surface area (Å²) in [6, 6.07) is 5.37. The molecule has 0 unspecified atom stereocenters. The molecule has 1 aromatic carbocycles. The van der Waals surface area contributed by atoms with E-state index in [1.807, 2.05) is 0 Å². The Labute approximate surface area is 127 Å². The van der Waals surface area contributed by atoms with Crippen molar-refractivity contribution in [2.24, 2.45) is 5.41 Å². The van der Waals surface area contributed by atoms with Crippen molar-refractivity contribution in [2.75, 3.05) is 7.11 Å². The number of nitro groups is 1. The quantitative estimate of drug-likeness (QED) is 0.301. The van der Waals surface area contributed by atoms with Crippen LogP contribution in [0.15, 0.2) is 23.8 Å². The molecule has 7 nitrogen and oxygen atoms in total. The smallest absolute Gasteiger partial charge is 0.284 e. The van der Waals surface area contributed by atoms with Gasteiger partial charge in [-0.15, -0.1) is 0 Å². The number of Topliss-reactive ketones (excluding diaryl/α,β-unsaturated/α-hetero) is 1. The third-order valence-corrected chi connectivity index (χ3v) is 2.91. The largest absolute Gasteiger partial charge is 0.506 e. The zero-order valence-corrected chi connectivity index (χ0v) is 12.7. The van der Waals surface area contributed by atoms with Crippen LogP contribution in [-0.4, -0.2) is 22.9 Å². The summed E-state index contributed by atoms with van der Waals surface area (Å²) < 4.78 is 4.89. The Morgan fingerprint density at radius 3 is 2.41 bits per heavy atom. The number of carbonyl (C=O) groups excluding carboxylic acids is 1. The van der Waals surface area contributed by atoms with Crippen LogP contribution in [0.4, 0.5) is 5.69 Å². The molecule has 0 fully saturated rings. The van der Waals surface area contributed by atoms with Crippen LogP contribution in [0.5, 0.6) is 5.75 Å². The summed E-state index contributed by atoms with van der Waals surface area (Å²) in [6.45, 7) is 4.76. The summed E-state index contributed by atoms with van der Waals surface area (Å²) in [5.41, 5.74) is -2.08. The lowest BCUT2D eigenvalue weighted by atomic mass is 9.85. The number of nitro benzene ring substituents is 1. The molecule has 0 aliphatic rings. The average Bonchev–Trinajstić information content (AvgIpc) is 2.45. The Morgan fingerprint density at radius 1 is 1.41 bits per heavy atom. The van der Waals surface area contributed by atoms with E-state index in [1.54, 1.807) is 26.8 Å². The standard InChI is InChI=1S/C15H16N2O5/c1-15(2,3)14(19)11(8-16)13(18)10-6-5-9(22-4)7-12(10)17(20)21/h5-7,18H,1-4H3/b13-11-. The molecule has 1 N–H and O–H groups in total. The molecular formula is C15H16N2O5.